The largest absolute Gasteiger partial charge is 0.477 e. The maximum atomic E-state index is 11.1. The third kappa shape index (κ3) is 2.98. The second-order valence-corrected chi connectivity index (χ2v) is 4.93. The van der Waals surface area contributed by atoms with Crippen LogP contribution in [0.4, 0.5) is 0 Å². The molecule has 100 valence electrons. The second kappa shape index (κ2) is 5.92. The Hall–Kier alpha value is -1.76. The summed E-state index contributed by atoms with van der Waals surface area (Å²) >= 11 is 1.15. The average Bonchev–Trinajstić information content (AvgIpc) is 2.83. The van der Waals surface area contributed by atoms with Crippen molar-refractivity contribution in [3.63, 3.8) is 0 Å². The minimum absolute atomic E-state index is 0.193. The number of methoxy groups -OCH3 is 1. The number of nitrogens with zero attached hydrogens (tertiary/aromatic N) is 1. The number of aromatic nitrogens is 1. The van der Waals surface area contributed by atoms with Gasteiger partial charge in [0.2, 0.25) is 0 Å². The van der Waals surface area contributed by atoms with Crippen molar-refractivity contribution in [2.45, 2.75) is 13.2 Å². The van der Waals surface area contributed by atoms with Crippen molar-refractivity contribution in [3.05, 3.63) is 40.4 Å². The Bertz CT molecular complexity index is 578. The van der Waals surface area contributed by atoms with Crippen LogP contribution in [-0.2, 0) is 17.9 Å². The number of rotatable bonds is 5. The summed E-state index contributed by atoms with van der Waals surface area (Å²) in [7, 11) is 1.51. The van der Waals surface area contributed by atoms with E-state index in [9.17, 15) is 4.79 Å². The van der Waals surface area contributed by atoms with E-state index < -0.39 is 5.97 Å². The highest BCUT2D eigenvalue weighted by atomic mass is 32.1. The first kappa shape index (κ1) is 13.7. The zero-order chi connectivity index (χ0) is 13.8. The second-order valence-electron chi connectivity index (χ2n) is 3.93. The number of carboxylic acids is 1. The average molecular weight is 278 g/mol. The highest BCUT2D eigenvalue weighted by molar-refractivity contribution is 7.17. The lowest BCUT2D eigenvalue weighted by Crippen LogP contribution is -1.99. The Morgan fingerprint density at radius 1 is 1.42 bits per heavy atom. The fraction of sp³-hybridized carbons (Fsp3) is 0.231. The number of carboxylic acid groups (broad SMARTS) is 1. The van der Waals surface area contributed by atoms with Gasteiger partial charge in [0.1, 0.15) is 9.88 Å². The number of benzene rings is 1. The van der Waals surface area contributed by atoms with Crippen LogP contribution in [-0.4, -0.2) is 23.2 Å². The molecule has 5 nitrogen and oxygen atoms in total. The van der Waals surface area contributed by atoms with Crippen molar-refractivity contribution < 1.29 is 14.6 Å². The molecule has 2 rings (SSSR count). The molecule has 0 saturated carbocycles. The third-order valence-corrected chi connectivity index (χ3v) is 3.74. The van der Waals surface area contributed by atoms with E-state index in [2.05, 4.69) is 4.98 Å². The van der Waals surface area contributed by atoms with Gasteiger partial charge < -0.3 is 15.6 Å². The van der Waals surface area contributed by atoms with Gasteiger partial charge in [0.15, 0.2) is 0 Å². The predicted octanol–water partition coefficient (Wildman–Crippen LogP) is 2.11. The Morgan fingerprint density at radius 2 is 2.11 bits per heavy atom. The summed E-state index contributed by atoms with van der Waals surface area (Å²) < 4.78 is 4.97. The van der Waals surface area contributed by atoms with Gasteiger partial charge in [-0.3, -0.25) is 0 Å². The van der Waals surface area contributed by atoms with Crippen molar-refractivity contribution in [1.29, 1.82) is 0 Å². The van der Waals surface area contributed by atoms with Gasteiger partial charge in [-0.05, 0) is 5.56 Å². The molecule has 0 aliphatic rings. The molecule has 0 saturated heterocycles. The molecule has 1 heterocycles. The summed E-state index contributed by atoms with van der Waals surface area (Å²) in [5, 5.41) is 9.81. The van der Waals surface area contributed by atoms with Gasteiger partial charge in [-0.1, -0.05) is 24.3 Å². The molecule has 0 bridgehead atoms. The van der Waals surface area contributed by atoms with Crippen LogP contribution < -0.4 is 5.73 Å². The molecule has 0 amide bonds. The maximum absolute atomic E-state index is 11.1. The smallest absolute Gasteiger partial charge is 0.347 e. The van der Waals surface area contributed by atoms with Gasteiger partial charge in [-0.25, -0.2) is 9.78 Å². The zero-order valence-corrected chi connectivity index (χ0v) is 11.2. The van der Waals surface area contributed by atoms with Gasteiger partial charge in [-0.15, -0.1) is 11.3 Å². The highest BCUT2D eigenvalue weighted by Gasteiger charge is 2.17. The van der Waals surface area contributed by atoms with Crippen molar-refractivity contribution in [1.82, 2.24) is 4.98 Å². The highest BCUT2D eigenvalue weighted by Crippen LogP contribution is 2.28. The number of aromatic carboxylic acids is 1. The van der Waals surface area contributed by atoms with Crippen LogP contribution in [0.5, 0.6) is 0 Å². The molecular formula is C13H14N2O3S. The number of hydrogen-bond acceptors (Lipinski definition) is 5. The van der Waals surface area contributed by atoms with Crippen LogP contribution >= 0.6 is 11.3 Å². The van der Waals surface area contributed by atoms with Crippen LogP contribution in [0.15, 0.2) is 24.3 Å². The van der Waals surface area contributed by atoms with Crippen LogP contribution in [0, 0.1) is 0 Å². The minimum Gasteiger partial charge on any atom is -0.477 e. The van der Waals surface area contributed by atoms with Crippen molar-refractivity contribution in [2.24, 2.45) is 5.73 Å². The normalized spacial score (nSPS) is 10.6. The number of nitrogens with two attached hydrogens (primary N) is 1. The number of carbonyl (C=O) groups is 1. The van der Waals surface area contributed by atoms with E-state index in [1.807, 2.05) is 24.3 Å². The quantitative estimate of drug-likeness (QED) is 0.875. The molecule has 1 aromatic heterocycles. The van der Waals surface area contributed by atoms with Gasteiger partial charge in [-0.2, -0.15) is 0 Å². The summed E-state index contributed by atoms with van der Waals surface area (Å²) in [6, 6.07) is 7.60. The van der Waals surface area contributed by atoms with Crippen molar-refractivity contribution in [2.75, 3.05) is 7.11 Å². The topological polar surface area (TPSA) is 85.4 Å². The Morgan fingerprint density at radius 3 is 2.63 bits per heavy atom. The van der Waals surface area contributed by atoms with E-state index in [0.29, 0.717) is 17.2 Å². The van der Waals surface area contributed by atoms with E-state index in [-0.39, 0.29) is 11.5 Å². The lowest BCUT2D eigenvalue weighted by molar-refractivity contribution is 0.0697. The van der Waals surface area contributed by atoms with Gasteiger partial charge >= 0.3 is 5.97 Å². The molecule has 0 aliphatic heterocycles. The minimum atomic E-state index is -0.977. The maximum Gasteiger partial charge on any atom is 0.347 e. The summed E-state index contributed by atoms with van der Waals surface area (Å²) in [4.78, 5) is 15.7. The van der Waals surface area contributed by atoms with Gasteiger partial charge in [0.25, 0.3) is 0 Å². The summed E-state index contributed by atoms with van der Waals surface area (Å²) in [6.07, 6.45) is 0. The molecule has 1 aromatic carbocycles. The lowest BCUT2D eigenvalue weighted by Gasteiger charge is -1.98. The first-order chi connectivity index (χ1) is 9.15. The molecule has 3 N–H and O–H groups in total. The van der Waals surface area contributed by atoms with E-state index in [1.165, 1.54) is 7.11 Å². The molecule has 2 aromatic rings. The number of ether oxygens (including phenoxy) is 1. The molecular weight excluding hydrogens is 264 g/mol. The van der Waals surface area contributed by atoms with Crippen LogP contribution in [0.3, 0.4) is 0 Å². The number of hydrogen-bond donors (Lipinski definition) is 2. The van der Waals surface area contributed by atoms with Crippen LogP contribution in [0.2, 0.25) is 0 Å². The van der Waals surface area contributed by atoms with Gasteiger partial charge in [0, 0.05) is 19.2 Å². The first-order valence-electron chi connectivity index (χ1n) is 5.67. The Labute approximate surface area is 114 Å². The summed E-state index contributed by atoms with van der Waals surface area (Å²) in [5.74, 6) is -0.977. The van der Waals surface area contributed by atoms with E-state index >= 15 is 0 Å². The molecule has 0 aliphatic carbocycles. The molecule has 0 atom stereocenters. The SMILES string of the molecule is COCc1nc(-c2ccc(CN)cc2)sc1C(=O)O. The molecule has 0 fully saturated rings. The summed E-state index contributed by atoms with van der Waals surface area (Å²) in [6.45, 7) is 0.673. The molecule has 19 heavy (non-hydrogen) atoms. The van der Waals surface area contributed by atoms with E-state index in [1.54, 1.807) is 0 Å². The molecule has 6 heteroatoms. The molecule has 0 radical (unpaired) electrons. The van der Waals surface area contributed by atoms with Crippen molar-refractivity contribution in [3.8, 4) is 10.6 Å². The standard InChI is InChI=1S/C13H14N2O3S/c1-18-7-10-11(13(16)17)19-12(15-10)9-4-2-8(6-14)3-5-9/h2-5H,6-7,14H2,1H3,(H,16,17). The van der Waals surface area contributed by atoms with E-state index in [0.717, 1.165) is 22.5 Å². The monoisotopic (exact) mass is 278 g/mol. The zero-order valence-electron chi connectivity index (χ0n) is 10.4. The Balaban J connectivity index is 2.38. The third-order valence-electron chi connectivity index (χ3n) is 2.61. The first-order valence-corrected chi connectivity index (χ1v) is 6.48. The fourth-order valence-corrected chi connectivity index (χ4v) is 2.57. The lowest BCUT2D eigenvalue weighted by atomic mass is 10.1. The van der Waals surface area contributed by atoms with Crippen molar-refractivity contribution >= 4 is 17.3 Å². The van der Waals surface area contributed by atoms with Crippen LogP contribution in [0.25, 0.3) is 10.6 Å². The van der Waals surface area contributed by atoms with Gasteiger partial charge in [0.05, 0.1) is 12.3 Å². The molecule has 0 spiro atoms. The van der Waals surface area contributed by atoms with E-state index in [4.69, 9.17) is 15.6 Å². The van der Waals surface area contributed by atoms with Crippen LogP contribution in [0.1, 0.15) is 20.9 Å². The fourth-order valence-electron chi connectivity index (χ4n) is 1.66. The molecule has 0 unspecified atom stereocenters. The summed E-state index contributed by atoms with van der Waals surface area (Å²) in [5.41, 5.74) is 7.90. The number of thiazole rings is 1. The predicted molar refractivity (Wildman–Crippen MR) is 73.1 cm³/mol. The Kier molecular flexibility index (Phi) is 4.26.